The Labute approximate surface area is 114 Å². The van der Waals surface area contributed by atoms with Crippen molar-refractivity contribution in [3.63, 3.8) is 0 Å². The van der Waals surface area contributed by atoms with Gasteiger partial charge in [0.05, 0.1) is 0 Å². The maximum atomic E-state index is 12.4. The third-order valence-corrected chi connectivity index (χ3v) is 5.33. The van der Waals surface area contributed by atoms with Crippen LogP contribution in [0.15, 0.2) is 0 Å². The molecule has 1 rings (SSSR count). The van der Waals surface area contributed by atoms with Crippen LogP contribution in [0.25, 0.3) is 0 Å². The van der Waals surface area contributed by atoms with Crippen molar-refractivity contribution in [2.75, 3.05) is 33.7 Å². The molecule has 1 atom stereocenters. The fraction of sp³-hybridized carbons (Fsp3) is 0.909. The van der Waals surface area contributed by atoms with Gasteiger partial charge in [0.25, 0.3) is 10.2 Å². The Balaban J connectivity index is 2.75. The summed E-state index contributed by atoms with van der Waals surface area (Å²) in [7, 11) is -0.375. The van der Waals surface area contributed by atoms with Crippen LogP contribution in [-0.4, -0.2) is 67.9 Å². The Morgan fingerprint density at radius 3 is 2.74 bits per heavy atom. The molecule has 0 aromatic carbocycles. The highest BCUT2D eigenvalue weighted by atomic mass is 32.2. The second-order valence-electron chi connectivity index (χ2n) is 4.75. The van der Waals surface area contributed by atoms with Crippen molar-refractivity contribution < 1.29 is 18.3 Å². The van der Waals surface area contributed by atoms with Crippen LogP contribution in [0.4, 0.5) is 0 Å². The van der Waals surface area contributed by atoms with E-state index in [-0.39, 0.29) is 6.54 Å². The second-order valence-corrected chi connectivity index (χ2v) is 6.73. The number of nitrogens with one attached hydrogen (secondary N) is 1. The second kappa shape index (κ2) is 7.18. The minimum absolute atomic E-state index is 0.287. The maximum absolute atomic E-state index is 12.4. The van der Waals surface area contributed by atoms with Crippen LogP contribution in [0.2, 0.25) is 0 Å². The van der Waals surface area contributed by atoms with Gasteiger partial charge in [0.1, 0.15) is 6.04 Å². The molecule has 0 amide bonds. The van der Waals surface area contributed by atoms with Crippen LogP contribution in [0.3, 0.4) is 0 Å². The lowest BCUT2D eigenvalue weighted by Gasteiger charge is -2.34. The molecule has 1 unspecified atom stereocenters. The van der Waals surface area contributed by atoms with Gasteiger partial charge in [0.2, 0.25) is 0 Å². The average molecular weight is 293 g/mol. The molecule has 1 saturated heterocycles. The molecule has 1 fully saturated rings. The SMILES string of the molecule is CNCCCN(C)S(=O)(=O)N1CCCCC1C(=O)O. The van der Waals surface area contributed by atoms with E-state index >= 15 is 0 Å². The number of carboxylic acid groups (broad SMARTS) is 1. The lowest BCUT2D eigenvalue weighted by atomic mass is 10.1. The molecule has 2 N–H and O–H groups in total. The van der Waals surface area contributed by atoms with Crippen LogP contribution in [0, 0.1) is 0 Å². The third-order valence-electron chi connectivity index (χ3n) is 3.33. The molecule has 19 heavy (non-hydrogen) atoms. The first-order valence-electron chi connectivity index (χ1n) is 6.51. The van der Waals surface area contributed by atoms with E-state index in [2.05, 4.69) is 5.32 Å². The highest BCUT2D eigenvalue weighted by molar-refractivity contribution is 7.86. The molecule has 0 bridgehead atoms. The van der Waals surface area contributed by atoms with E-state index in [0.29, 0.717) is 25.8 Å². The lowest BCUT2D eigenvalue weighted by molar-refractivity contribution is -0.142. The number of carboxylic acids is 1. The molecular formula is C11H23N3O4S. The summed E-state index contributed by atoms with van der Waals surface area (Å²) in [5, 5.41) is 12.1. The van der Waals surface area contributed by atoms with Crippen LogP contribution in [0.1, 0.15) is 25.7 Å². The van der Waals surface area contributed by atoms with Gasteiger partial charge >= 0.3 is 5.97 Å². The summed E-state index contributed by atoms with van der Waals surface area (Å²) in [5.74, 6) is -1.06. The highest BCUT2D eigenvalue weighted by Crippen LogP contribution is 2.22. The zero-order valence-corrected chi connectivity index (χ0v) is 12.3. The van der Waals surface area contributed by atoms with Crippen LogP contribution in [0.5, 0.6) is 0 Å². The molecule has 8 heteroatoms. The van der Waals surface area contributed by atoms with Gasteiger partial charge in [-0.25, -0.2) is 0 Å². The summed E-state index contributed by atoms with van der Waals surface area (Å²) in [6.07, 6.45) is 2.55. The van der Waals surface area contributed by atoms with Gasteiger partial charge in [0.15, 0.2) is 0 Å². The van der Waals surface area contributed by atoms with Crippen LogP contribution >= 0.6 is 0 Å². The Morgan fingerprint density at radius 2 is 2.16 bits per heavy atom. The normalized spacial score (nSPS) is 21.7. The summed E-state index contributed by atoms with van der Waals surface area (Å²) in [6, 6.07) is -0.925. The van der Waals surface area contributed by atoms with E-state index < -0.39 is 22.2 Å². The first-order valence-corrected chi connectivity index (χ1v) is 7.91. The predicted octanol–water partition coefficient (Wildman–Crippen LogP) is -0.288. The quantitative estimate of drug-likeness (QED) is 0.630. The predicted molar refractivity (Wildman–Crippen MR) is 72.1 cm³/mol. The van der Waals surface area contributed by atoms with Gasteiger partial charge < -0.3 is 10.4 Å². The molecule has 0 aromatic rings. The standard InChI is InChI=1S/C11H23N3O4S/c1-12-7-5-8-13(2)19(17,18)14-9-4-3-6-10(14)11(15)16/h10,12H,3-9H2,1-2H3,(H,15,16). The Kier molecular flexibility index (Phi) is 6.18. The van der Waals surface area contributed by atoms with Gasteiger partial charge in [-0.1, -0.05) is 0 Å². The van der Waals surface area contributed by atoms with E-state index in [4.69, 9.17) is 5.11 Å². The molecule has 1 aliphatic heterocycles. The van der Waals surface area contributed by atoms with E-state index in [9.17, 15) is 13.2 Å². The lowest BCUT2D eigenvalue weighted by Crippen LogP contribution is -2.52. The molecule has 1 heterocycles. The van der Waals surface area contributed by atoms with E-state index in [1.807, 2.05) is 0 Å². The monoisotopic (exact) mass is 293 g/mol. The summed E-state index contributed by atoms with van der Waals surface area (Å²) in [4.78, 5) is 11.2. The summed E-state index contributed by atoms with van der Waals surface area (Å²) in [5.41, 5.74) is 0. The zero-order chi connectivity index (χ0) is 14.5. The fourth-order valence-corrected chi connectivity index (χ4v) is 3.80. The molecule has 0 saturated carbocycles. The molecule has 0 aliphatic carbocycles. The average Bonchev–Trinajstić information content (AvgIpc) is 2.38. The van der Waals surface area contributed by atoms with Crippen LogP contribution < -0.4 is 5.32 Å². The van der Waals surface area contributed by atoms with Crippen molar-refractivity contribution in [3.05, 3.63) is 0 Å². The van der Waals surface area contributed by atoms with Crippen molar-refractivity contribution >= 4 is 16.2 Å². The van der Waals surface area contributed by atoms with Crippen LogP contribution in [-0.2, 0) is 15.0 Å². The molecule has 7 nitrogen and oxygen atoms in total. The number of carbonyl (C=O) groups is 1. The molecule has 0 aromatic heterocycles. The van der Waals surface area contributed by atoms with Crippen molar-refractivity contribution in [3.8, 4) is 0 Å². The van der Waals surface area contributed by atoms with E-state index in [1.54, 1.807) is 7.05 Å². The van der Waals surface area contributed by atoms with Gasteiger partial charge in [-0.2, -0.15) is 17.0 Å². The van der Waals surface area contributed by atoms with Gasteiger partial charge in [0, 0.05) is 20.1 Å². The topological polar surface area (TPSA) is 90.0 Å². The van der Waals surface area contributed by atoms with E-state index in [1.165, 1.54) is 11.4 Å². The summed E-state index contributed by atoms with van der Waals surface area (Å²) >= 11 is 0. The summed E-state index contributed by atoms with van der Waals surface area (Å²) in [6.45, 7) is 1.39. The number of piperidine rings is 1. The Bertz CT molecular complexity index is 399. The molecule has 0 spiro atoms. The number of hydrogen-bond acceptors (Lipinski definition) is 4. The molecule has 112 valence electrons. The van der Waals surface area contributed by atoms with Gasteiger partial charge in [-0.05, 0) is 39.3 Å². The Morgan fingerprint density at radius 1 is 1.47 bits per heavy atom. The largest absolute Gasteiger partial charge is 0.480 e. The number of rotatable bonds is 7. The first kappa shape index (κ1) is 16.4. The van der Waals surface area contributed by atoms with Crippen molar-refractivity contribution in [2.45, 2.75) is 31.7 Å². The number of hydrogen-bond donors (Lipinski definition) is 2. The highest BCUT2D eigenvalue weighted by Gasteiger charge is 2.38. The van der Waals surface area contributed by atoms with Crippen molar-refractivity contribution in [2.24, 2.45) is 0 Å². The van der Waals surface area contributed by atoms with Crippen molar-refractivity contribution in [1.29, 1.82) is 0 Å². The smallest absolute Gasteiger partial charge is 0.322 e. The van der Waals surface area contributed by atoms with E-state index in [0.717, 1.165) is 17.3 Å². The van der Waals surface area contributed by atoms with Crippen molar-refractivity contribution in [1.82, 2.24) is 13.9 Å². The maximum Gasteiger partial charge on any atom is 0.322 e. The fourth-order valence-electron chi connectivity index (χ4n) is 2.20. The minimum Gasteiger partial charge on any atom is -0.480 e. The van der Waals surface area contributed by atoms with Gasteiger partial charge in [-0.3, -0.25) is 4.79 Å². The van der Waals surface area contributed by atoms with Gasteiger partial charge in [-0.15, -0.1) is 0 Å². The zero-order valence-electron chi connectivity index (χ0n) is 11.5. The first-order chi connectivity index (χ1) is 8.91. The third kappa shape index (κ3) is 4.13. The number of nitrogens with zero attached hydrogens (tertiary/aromatic N) is 2. The molecule has 0 radical (unpaired) electrons. The molecular weight excluding hydrogens is 270 g/mol. The Hall–Kier alpha value is -0.700. The minimum atomic E-state index is -3.68. The summed E-state index contributed by atoms with van der Waals surface area (Å²) < 4.78 is 27.1. The number of aliphatic carboxylic acids is 1. The molecule has 1 aliphatic rings.